The van der Waals surface area contributed by atoms with E-state index < -0.39 is 0 Å². The summed E-state index contributed by atoms with van der Waals surface area (Å²) in [6.45, 7) is 2.69. The maximum Gasteiger partial charge on any atom is 0.221 e. The SMILES string of the molecule is NC(=O)Cc1ccc(NCC2CCCOC2)cc1. The number of ether oxygens (including phenoxy) is 1. The van der Waals surface area contributed by atoms with E-state index in [1.807, 2.05) is 24.3 Å². The summed E-state index contributed by atoms with van der Waals surface area (Å²) in [7, 11) is 0. The van der Waals surface area contributed by atoms with E-state index in [2.05, 4.69) is 5.32 Å². The molecule has 0 saturated carbocycles. The van der Waals surface area contributed by atoms with Gasteiger partial charge in [-0.05, 0) is 36.5 Å². The molecule has 1 aromatic carbocycles. The number of rotatable bonds is 5. The average molecular weight is 248 g/mol. The maximum atomic E-state index is 10.8. The highest BCUT2D eigenvalue weighted by Gasteiger charge is 2.13. The van der Waals surface area contributed by atoms with E-state index in [1.165, 1.54) is 6.42 Å². The fraction of sp³-hybridized carbons (Fsp3) is 0.500. The number of anilines is 1. The Hall–Kier alpha value is -1.55. The first-order valence-corrected chi connectivity index (χ1v) is 6.43. The number of carbonyl (C=O) groups is 1. The molecular weight excluding hydrogens is 228 g/mol. The van der Waals surface area contributed by atoms with Crippen molar-refractivity contribution in [2.75, 3.05) is 25.1 Å². The van der Waals surface area contributed by atoms with Crippen LogP contribution in [0.25, 0.3) is 0 Å². The Balaban J connectivity index is 1.80. The summed E-state index contributed by atoms with van der Waals surface area (Å²) < 4.78 is 5.44. The van der Waals surface area contributed by atoms with Gasteiger partial charge in [-0.2, -0.15) is 0 Å². The number of primary amides is 1. The van der Waals surface area contributed by atoms with Crippen LogP contribution in [0.2, 0.25) is 0 Å². The van der Waals surface area contributed by atoms with Gasteiger partial charge in [-0.15, -0.1) is 0 Å². The Morgan fingerprint density at radius 3 is 2.78 bits per heavy atom. The highest BCUT2D eigenvalue weighted by molar-refractivity contribution is 5.76. The molecule has 2 rings (SSSR count). The molecule has 1 unspecified atom stereocenters. The lowest BCUT2D eigenvalue weighted by molar-refractivity contribution is -0.117. The van der Waals surface area contributed by atoms with Crippen molar-refractivity contribution in [1.82, 2.24) is 0 Å². The molecule has 0 aromatic heterocycles. The predicted molar refractivity (Wildman–Crippen MR) is 71.4 cm³/mol. The molecule has 1 saturated heterocycles. The molecule has 4 heteroatoms. The Kier molecular flexibility index (Phi) is 4.59. The van der Waals surface area contributed by atoms with Gasteiger partial charge in [0.25, 0.3) is 0 Å². The van der Waals surface area contributed by atoms with E-state index in [-0.39, 0.29) is 5.91 Å². The number of benzene rings is 1. The van der Waals surface area contributed by atoms with Crippen LogP contribution in [-0.2, 0) is 16.0 Å². The number of hydrogen-bond donors (Lipinski definition) is 2. The molecule has 18 heavy (non-hydrogen) atoms. The third-order valence-corrected chi connectivity index (χ3v) is 3.18. The Labute approximate surface area is 108 Å². The number of amides is 1. The zero-order chi connectivity index (χ0) is 12.8. The van der Waals surface area contributed by atoms with Crippen molar-refractivity contribution in [3.05, 3.63) is 29.8 Å². The molecule has 1 aliphatic heterocycles. The summed E-state index contributed by atoms with van der Waals surface area (Å²) in [6, 6.07) is 7.85. The second-order valence-corrected chi connectivity index (χ2v) is 4.80. The molecule has 0 spiro atoms. The van der Waals surface area contributed by atoms with Gasteiger partial charge in [-0.3, -0.25) is 4.79 Å². The molecule has 0 aliphatic carbocycles. The fourth-order valence-corrected chi connectivity index (χ4v) is 2.17. The van der Waals surface area contributed by atoms with Gasteiger partial charge in [0.2, 0.25) is 5.91 Å². The van der Waals surface area contributed by atoms with E-state index in [9.17, 15) is 4.79 Å². The Morgan fingerprint density at radius 1 is 1.39 bits per heavy atom. The molecule has 4 nitrogen and oxygen atoms in total. The van der Waals surface area contributed by atoms with E-state index in [0.717, 1.165) is 37.4 Å². The minimum absolute atomic E-state index is 0.296. The summed E-state index contributed by atoms with van der Waals surface area (Å²) in [6.07, 6.45) is 2.69. The summed E-state index contributed by atoms with van der Waals surface area (Å²) in [4.78, 5) is 10.8. The van der Waals surface area contributed by atoms with Crippen LogP contribution in [0.3, 0.4) is 0 Å². The van der Waals surface area contributed by atoms with Gasteiger partial charge in [0.05, 0.1) is 13.0 Å². The van der Waals surface area contributed by atoms with Crippen LogP contribution in [0.4, 0.5) is 5.69 Å². The van der Waals surface area contributed by atoms with Crippen LogP contribution >= 0.6 is 0 Å². The van der Waals surface area contributed by atoms with E-state index >= 15 is 0 Å². The third-order valence-electron chi connectivity index (χ3n) is 3.18. The molecular formula is C14H20N2O2. The van der Waals surface area contributed by atoms with Gasteiger partial charge >= 0.3 is 0 Å². The summed E-state index contributed by atoms with van der Waals surface area (Å²) in [5.41, 5.74) is 7.18. The van der Waals surface area contributed by atoms with Gasteiger partial charge in [0.1, 0.15) is 0 Å². The molecule has 0 bridgehead atoms. The van der Waals surface area contributed by atoms with Crippen LogP contribution < -0.4 is 11.1 Å². The van der Waals surface area contributed by atoms with Crippen LogP contribution in [0.1, 0.15) is 18.4 Å². The monoisotopic (exact) mass is 248 g/mol. The Bertz CT molecular complexity index is 383. The summed E-state index contributed by atoms with van der Waals surface area (Å²) in [5, 5.41) is 3.40. The van der Waals surface area contributed by atoms with Crippen LogP contribution in [0.15, 0.2) is 24.3 Å². The van der Waals surface area contributed by atoms with Crippen molar-refractivity contribution in [3.8, 4) is 0 Å². The first-order valence-electron chi connectivity index (χ1n) is 6.43. The van der Waals surface area contributed by atoms with Crippen LogP contribution in [-0.4, -0.2) is 25.7 Å². The maximum absolute atomic E-state index is 10.8. The first-order chi connectivity index (χ1) is 8.74. The average Bonchev–Trinajstić information content (AvgIpc) is 2.38. The van der Waals surface area contributed by atoms with Crippen molar-refractivity contribution in [3.63, 3.8) is 0 Å². The van der Waals surface area contributed by atoms with Gasteiger partial charge in [-0.1, -0.05) is 12.1 Å². The van der Waals surface area contributed by atoms with E-state index in [4.69, 9.17) is 10.5 Å². The van der Waals surface area contributed by atoms with Crippen LogP contribution in [0, 0.1) is 5.92 Å². The zero-order valence-electron chi connectivity index (χ0n) is 10.5. The van der Waals surface area contributed by atoms with E-state index in [0.29, 0.717) is 12.3 Å². The molecule has 1 aromatic rings. The van der Waals surface area contributed by atoms with Gasteiger partial charge in [0.15, 0.2) is 0 Å². The van der Waals surface area contributed by atoms with Crippen molar-refractivity contribution >= 4 is 11.6 Å². The van der Waals surface area contributed by atoms with Gasteiger partial charge in [-0.25, -0.2) is 0 Å². The zero-order valence-corrected chi connectivity index (χ0v) is 10.5. The van der Waals surface area contributed by atoms with Crippen molar-refractivity contribution < 1.29 is 9.53 Å². The number of carbonyl (C=O) groups excluding carboxylic acids is 1. The first kappa shape index (κ1) is 12.9. The van der Waals surface area contributed by atoms with E-state index in [1.54, 1.807) is 0 Å². The summed E-state index contributed by atoms with van der Waals surface area (Å²) in [5.74, 6) is 0.305. The molecule has 1 fully saturated rings. The standard InChI is InChI=1S/C14H20N2O2/c15-14(17)8-11-3-5-13(6-4-11)16-9-12-2-1-7-18-10-12/h3-6,12,16H,1-2,7-10H2,(H2,15,17). The topological polar surface area (TPSA) is 64.4 Å². The molecule has 0 radical (unpaired) electrons. The Morgan fingerprint density at radius 2 is 2.17 bits per heavy atom. The van der Waals surface area contributed by atoms with Gasteiger partial charge < -0.3 is 15.8 Å². The van der Waals surface area contributed by atoms with Gasteiger partial charge in [0, 0.05) is 18.8 Å². The van der Waals surface area contributed by atoms with Crippen LogP contribution in [0.5, 0.6) is 0 Å². The molecule has 1 amide bonds. The number of nitrogens with one attached hydrogen (secondary N) is 1. The molecule has 3 N–H and O–H groups in total. The second-order valence-electron chi connectivity index (χ2n) is 4.80. The minimum atomic E-state index is -0.296. The minimum Gasteiger partial charge on any atom is -0.385 e. The fourth-order valence-electron chi connectivity index (χ4n) is 2.17. The third kappa shape index (κ3) is 4.04. The molecule has 1 aliphatic rings. The largest absolute Gasteiger partial charge is 0.385 e. The lowest BCUT2D eigenvalue weighted by Crippen LogP contribution is -2.24. The van der Waals surface area contributed by atoms with Crippen molar-refractivity contribution in [2.45, 2.75) is 19.3 Å². The highest BCUT2D eigenvalue weighted by atomic mass is 16.5. The molecule has 98 valence electrons. The smallest absolute Gasteiger partial charge is 0.221 e. The summed E-state index contributed by atoms with van der Waals surface area (Å²) >= 11 is 0. The lowest BCUT2D eigenvalue weighted by atomic mass is 10.0. The van der Waals surface area contributed by atoms with Crippen molar-refractivity contribution in [2.24, 2.45) is 11.7 Å². The highest BCUT2D eigenvalue weighted by Crippen LogP contribution is 2.15. The molecule has 1 atom stereocenters. The lowest BCUT2D eigenvalue weighted by Gasteiger charge is -2.22. The number of nitrogens with two attached hydrogens (primary N) is 1. The normalized spacial score (nSPS) is 19.4. The van der Waals surface area contributed by atoms with Crippen molar-refractivity contribution in [1.29, 1.82) is 0 Å². The number of hydrogen-bond acceptors (Lipinski definition) is 3. The molecule has 1 heterocycles. The predicted octanol–water partition coefficient (Wildman–Crippen LogP) is 1.55. The quantitative estimate of drug-likeness (QED) is 0.831. The second kappa shape index (κ2) is 6.40.